The molecule has 1 rings (SSSR count). The zero-order valence-electron chi connectivity index (χ0n) is 9.62. The van der Waals surface area contributed by atoms with Gasteiger partial charge in [-0.3, -0.25) is 9.69 Å². The molecule has 1 aromatic heterocycles. The van der Waals surface area contributed by atoms with Crippen LogP contribution in [-0.2, 0) is 4.79 Å². The van der Waals surface area contributed by atoms with Crippen molar-refractivity contribution in [1.29, 1.82) is 0 Å². The molecule has 1 aromatic rings. The molecule has 17 heavy (non-hydrogen) atoms. The second kappa shape index (κ2) is 4.77. The standard InChI is InChI=1S/C10H14N4O3/c1-10(2,5-8(15)16)14(9(11)17)7-3-4-12-6-13-7/h3-4,6H,5H2,1-2H3,(H2,11,17)(H,15,16). The molecule has 0 unspecified atom stereocenters. The van der Waals surface area contributed by atoms with Crippen molar-refractivity contribution < 1.29 is 14.7 Å². The van der Waals surface area contributed by atoms with Gasteiger partial charge >= 0.3 is 12.0 Å². The van der Waals surface area contributed by atoms with Crippen molar-refractivity contribution in [3.63, 3.8) is 0 Å². The first kappa shape index (κ1) is 12.9. The van der Waals surface area contributed by atoms with E-state index in [1.165, 1.54) is 18.6 Å². The van der Waals surface area contributed by atoms with Crippen LogP contribution in [0.5, 0.6) is 0 Å². The number of nitrogens with zero attached hydrogens (tertiary/aromatic N) is 3. The molecule has 7 nitrogen and oxygen atoms in total. The molecule has 0 fully saturated rings. The smallest absolute Gasteiger partial charge is 0.320 e. The summed E-state index contributed by atoms with van der Waals surface area (Å²) in [5.74, 6) is -0.742. The fourth-order valence-electron chi connectivity index (χ4n) is 1.59. The lowest BCUT2D eigenvalue weighted by molar-refractivity contribution is -0.138. The molecule has 92 valence electrons. The van der Waals surface area contributed by atoms with Gasteiger partial charge < -0.3 is 10.8 Å². The lowest BCUT2D eigenvalue weighted by Crippen LogP contribution is -2.52. The number of aliphatic carboxylic acids is 1. The Hall–Kier alpha value is -2.18. The number of amides is 2. The van der Waals surface area contributed by atoms with Crippen molar-refractivity contribution in [3.8, 4) is 0 Å². The molecule has 1 heterocycles. The minimum absolute atomic E-state index is 0.236. The third kappa shape index (κ3) is 3.13. The summed E-state index contributed by atoms with van der Waals surface area (Å²) in [7, 11) is 0. The Morgan fingerprint density at radius 3 is 2.59 bits per heavy atom. The van der Waals surface area contributed by atoms with E-state index >= 15 is 0 Å². The van der Waals surface area contributed by atoms with Gasteiger partial charge in [0, 0.05) is 6.20 Å². The third-order valence-corrected chi connectivity index (χ3v) is 2.20. The average molecular weight is 238 g/mol. The molecule has 0 aliphatic heterocycles. The minimum atomic E-state index is -1.02. The van der Waals surface area contributed by atoms with E-state index in [-0.39, 0.29) is 12.2 Å². The van der Waals surface area contributed by atoms with Gasteiger partial charge in [0.2, 0.25) is 0 Å². The fraction of sp³-hybridized carbons (Fsp3) is 0.400. The first-order chi connectivity index (χ1) is 7.84. The summed E-state index contributed by atoms with van der Waals surface area (Å²) in [5, 5.41) is 8.82. The number of carbonyl (C=O) groups is 2. The van der Waals surface area contributed by atoms with Gasteiger partial charge in [0.15, 0.2) is 0 Å². The van der Waals surface area contributed by atoms with E-state index in [1.54, 1.807) is 13.8 Å². The quantitative estimate of drug-likeness (QED) is 0.798. The van der Waals surface area contributed by atoms with Crippen LogP contribution < -0.4 is 10.6 Å². The monoisotopic (exact) mass is 238 g/mol. The second-order valence-corrected chi connectivity index (χ2v) is 4.12. The van der Waals surface area contributed by atoms with Crippen LogP contribution in [0.2, 0.25) is 0 Å². The van der Waals surface area contributed by atoms with E-state index < -0.39 is 17.5 Å². The van der Waals surface area contributed by atoms with Crippen molar-refractivity contribution in [1.82, 2.24) is 9.97 Å². The first-order valence-corrected chi connectivity index (χ1v) is 4.92. The number of urea groups is 1. The van der Waals surface area contributed by atoms with Crippen LogP contribution in [0.25, 0.3) is 0 Å². The fourth-order valence-corrected chi connectivity index (χ4v) is 1.59. The summed E-state index contributed by atoms with van der Waals surface area (Å²) >= 11 is 0. The van der Waals surface area contributed by atoms with Gasteiger partial charge in [0.25, 0.3) is 0 Å². The number of primary amides is 1. The van der Waals surface area contributed by atoms with Gasteiger partial charge in [-0.05, 0) is 19.9 Å². The Morgan fingerprint density at radius 1 is 1.53 bits per heavy atom. The summed E-state index contributed by atoms with van der Waals surface area (Å²) < 4.78 is 0. The number of carboxylic acid groups (broad SMARTS) is 1. The highest BCUT2D eigenvalue weighted by Crippen LogP contribution is 2.24. The zero-order chi connectivity index (χ0) is 13.1. The minimum Gasteiger partial charge on any atom is -0.481 e. The normalized spacial score (nSPS) is 10.9. The molecule has 0 radical (unpaired) electrons. The van der Waals surface area contributed by atoms with Crippen LogP contribution in [0.15, 0.2) is 18.6 Å². The maximum atomic E-state index is 11.4. The first-order valence-electron chi connectivity index (χ1n) is 4.92. The predicted molar refractivity (Wildman–Crippen MR) is 60.4 cm³/mol. The van der Waals surface area contributed by atoms with Gasteiger partial charge in [-0.15, -0.1) is 0 Å². The van der Waals surface area contributed by atoms with E-state index in [0.29, 0.717) is 0 Å². The van der Waals surface area contributed by atoms with Crippen LogP contribution in [0.1, 0.15) is 20.3 Å². The highest BCUT2D eigenvalue weighted by atomic mass is 16.4. The van der Waals surface area contributed by atoms with Crippen molar-refractivity contribution in [2.24, 2.45) is 5.73 Å². The molecule has 0 bridgehead atoms. The molecule has 0 atom stereocenters. The Bertz CT molecular complexity index is 419. The number of rotatable bonds is 4. The van der Waals surface area contributed by atoms with Gasteiger partial charge in [-0.25, -0.2) is 14.8 Å². The summed E-state index contributed by atoms with van der Waals surface area (Å²) in [6, 6.07) is 0.740. The van der Waals surface area contributed by atoms with E-state index in [2.05, 4.69) is 9.97 Å². The molecule has 0 aromatic carbocycles. The molecule has 0 saturated carbocycles. The zero-order valence-corrected chi connectivity index (χ0v) is 9.62. The lowest BCUT2D eigenvalue weighted by atomic mass is 9.98. The number of nitrogens with two attached hydrogens (primary N) is 1. The number of anilines is 1. The van der Waals surface area contributed by atoms with Gasteiger partial charge in [0.1, 0.15) is 12.1 Å². The Balaban J connectivity index is 3.10. The maximum Gasteiger partial charge on any atom is 0.320 e. The molecular weight excluding hydrogens is 224 g/mol. The molecule has 0 saturated heterocycles. The lowest BCUT2D eigenvalue weighted by Gasteiger charge is -2.35. The third-order valence-electron chi connectivity index (χ3n) is 2.20. The van der Waals surface area contributed by atoms with Crippen molar-refractivity contribution in [2.45, 2.75) is 25.8 Å². The largest absolute Gasteiger partial charge is 0.481 e. The number of carbonyl (C=O) groups excluding carboxylic acids is 1. The number of hydrogen-bond donors (Lipinski definition) is 2. The van der Waals surface area contributed by atoms with Crippen molar-refractivity contribution in [2.75, 3.05) is 4.90 Å². The average Bonchev–Trinajstić information content (AvgIpc) is 2.15. The van der Waals surface area contributed by atoms with Crippen molar-refractivity contribution >= 4 is 17.8 Å². The van der Waals surface area contributed by atoms with Gasteiger partial charge in [-0.2, -0.15) is 0 Å². The Labute approximate surface area is 98.3 Å². The van der Waals surface area contributed by atoms with Crippen molar-refractivity contribution in [3.05, 3.63) is 18.6 Å². The topological polar surface area (TPSA) is 109 Å². The molecule has 2 amide bonds. The van der Waals surface area contributed by atoms with Gasteiger partial charge in [-0.1, -0.05) is 0 Å². The SMILES string of the molecule is CC(C)(CC(=O)O)N(C(N)=O)c1ccncn1. The summed E-state index contributed by atoms with van der Waals surface area (Å²) in [4.78, 5) is 30.9. The Morgan fingerprint density at radius 2 is 2.18 bits per heavy atom. The number of aromatic nitrogens is 2. The van der Waals surface area contributed by atoms with Crippen LogP contribution in [0.3, 0.4) is 0 Å². The Kier molecular flexibility index (Phi) is 3.62. The van der Waals surface area contributed by atoms with Crippen LogP contribution in [0.4, 0.5) is 10.6 Å². The highest BCUT2D eigenvalue weighted by Gasteiger charge is 2.34. The van der Waals surface area contributed by atoms with Crippen LogP contribution in [0, 0.1) is 0 Å². The summed E-state index contributed by atoms with van der Waals surface area (Å²) in [6.45, 7) is 3.21. The summed E-state index contributed by atoms with van der Waals surface area (Å²) in [5.41, 5.74) is 4.30. The maximum absolute atomic E-state index is 11.4. The molecule has 3 N–H and O–H groups in total. The number of hydrogen-bond acceptors (Lipinski definition) is 4. The van der Waals surface area contributed by atoms with Crippen LogP contribution in [-0.4, -0.2) is 32.6 Å². The van der Waals surface area contributed by atoms with E-state index in [9.17, 15) is 9.59 Å². The predicted octanol–water partition coefficient (Wildman–Crippen LogP) is 0.615. The van der Waals surface area contributed by atoms with E-state index in [1.807, 2.05) is 0 Å². The van der Waals surface area contributed by atoms with Gasteiger partial charge in [0.05, 0.1) is 12.0 Å². The number of carboxylic acids is 1. The molecule has 0 aliphatic carbocycles. The van der Waals surface area contributed by atoms with Crippen LogP contribution >= 0.6 is 0 Å². The summed E-state index contributed by atoms with van der Waals surface area (Å²) in [6.07, 6.45) is 2.48. The molecule has 0 aliphatic rings. The van der Waals surface area contributed by atoms with E-state index in [4.69, 9.17) is 10.8 Å². The molecule has 7 heteroatoms. The second-order valence-electron chi connectivity index (χ2n) is 4.12. The highest BCUT2D eigenvalue weighted by molar-refractivity contribution is 5.91. The molecule has 0 spiro atoms. The molecular formula is C10H14N4O3. The van der Waals surface area contributed by atoms with E-state index in [0.717, 1.165) is 4.90 Å².